The van der Waals surface area contributed by atoms with Crippen molar-refractivity contribution < 1.29 is 86.7 Å². The highest BCUT2D eigenvalue weighted by Gasteiger charge is 2.47. The van der Waals surface area contributed by atoms with Crippen LogP contribution in [-0.2, 0) is 87.3 Å². The van der Waals surface area contributed by atoms with Crippen LogP contribution in [0.2, 0.25) is 0 Å². The van der Waals surface area contributed by atoms with E-state index in [2.05, 4.69) is 37.2 Å². The topological polar surface area (TPSA) is 451 Å². The number of carbonyl (C=O) groups excluding carboxylic acids is 11. The Morgan fingerprint density at radius 1 is 0.824 bits per heavy atom. The van der Waals surface area contributed by atoms with Crippen LogP contribution in [0.25, 0.3) is 22.3 Å². The molecule has 2 aromatic heterocycles. The van der Waals surface area contributed by atoms with Crippen LogP contribution in [0.15, 0.2) is 29.1 Å². The minimum Gasteiger partial charge on any atom is -0.458 e. The SMILES string of the molecule is CC[C@@]1(O)C(=O)OCc2c1cc1n(c2=O)Cc2c-1nc1cc(F)c(C)c3c1c2[C@@H](NC(=O)COCNC(=O)[C@H](CCCNC(N)=O)NC(=O)[C@@H](NC(=O)C(CCC(=O)NC[C@H]1O[C@@H](CC(N)=O)[C@H](O)[C@@H]1O)NC(=O)CCCCCN1C(=O)C=CC1=O)C(C)C)CC3. The van der Waals surface area contributed by atoms with Gasteiger partial charge in [0.25, 0.3) is 17.4 Å². The molecule has 1 aromatic carbocycles. The molecule has 1 saturated heterocycles. The van der Waals surface area contributed by atoms with Crippen molar-refractivity contribution in [3.05, 3.63) is 73.8 Å². The number of benzene rings is 1. The number of cyclic esters (lactones) is 1. The standard InChI is InChI=1S/C60H77FN12O18/c1-5-60(88)33-20-39-51-31(24-73(39)57(85)32(33)25-90-58(60)86)49-35(13-12-30-29(4)34(61)21-38(69-51)48(30)49)67-45(77)26-89-27-66-54(82)36(10-9-18-64-59(63)87)70-56(84)50(28(2)3)71-55(83)37(68-44(76)11-7-6-8-19-72-46(78)16-17-47(72)79)14-15-43(75)65-23-41-53(81)52(80)40(91-41)22-42(62)74/h16-17,20-21,28,35-37,40-41,50,52-53,80-81,88H,5-15,18-19,22-27H2,1-4H3,(H2,62,74)(H,65,75)(H,66,82)(H,67,77)(H,68,76)(H,70,84)(H,71,83)(H3,63,64,87)/t35-,36-,37?,40-,41+,50-,52-,53+,60-/m0/s1. The van der Waals surface area contributed by atoms with Crippen LogP contribution in [-0.4, -0.2) is 170 Å². The highest BCUT2D eigenvalue weighted by atomic mass is 19.1. The molecule has 1 fully saturated rings. The number of nitrogens with two attached hydrogens (primary N) is 2. The molecular weight excluding hydrogens is 1200 g/mol. The zero-order valence-electron chi connectivity index (χ0n) is 50.8. The van der Waals surface area contributed by atoms with Crippen molar-refractivity contribution in [3.63, 3.8) is 0 Å². The lowest BCUT2D eigenvalue weighted by Crippen LogP contribution is -2.58. The van der Waals surface area contributed by atoms with E-state index in [1.54, 1.807) is 27.7 Å². The number of rotatable bonds is 30. The molecule has 492 valence electrons. The summed E-state index contributed by atoms with van der Waals surface area (Å²) in [6.07, 6.45) is -2.45. The van der Waals surface area contributed by atoms with Gasteiger partial charge in [-0.05, 0) is 87.0 Å². The first kappa shape index (κ1) is 68.1. The normalized spacial score (nSPS) is 21.3. The third-order valence-electron chi connectivity index (χ3n) is 17.0. The number of fused-ring (bicyclic) bond motifs is 5. The first-order valence-electron chi connectivity index (χ1n) is 30.2. The van der Waals surface area contributed by atoms with Crippen molar-refractivity contribution in [1.29, 1.82) is 0 Å². The van der Waals surface area contributed by atoms with Crippen LogP contribution < -0.4 is 54.2 Å². The zero-order chi connectivity index (χ0) is 66.2. The second kappa shape index (κ2) is 29.5. The molecule has 5 aliphatic rings. The van der Waals surface area contributed by atoms with Crippen molar-refractivity contribution >= 4 is 76.1 Å². The highest BCUT2D eigenvalue weighted by Crippen LogP contribution is 2.46. The quantitative estimate of drug-likeness (QED) is 0.0117. The third-order valence-corrected chi connectivity index (χ3v) is 17.0. The molecule has 30 nitrogen and oxygen atoms in total. The maximum Gasteiger partial charge on any atom is 0.343 e. The summed E-state index contributed by atoms with van der Waals surface area (Å²) in [6.45, 7) is 4.70. The summed E-state index contributed by atoms with van der Waals surface area (Å²) in [5, 5.41) is 51.1. The van der Waals surface area contributed by atoms with Crippen molar-refractivity contribution in [2.75, 3.05) is 33.0 Å². The molecule has 0 saturated carbocycles. The summed E-state index contributed by atoms with van der Waals surface area (Å²) in [5.74, 6) is -8.21. The van der Waals surface area contributed by atoms with Gasteiger partial charge in [0.15, 0.2) is 5.60 Å². The van der Waals surface area contributed by atoms with Crippen molar-refractivity contribution in [1.82, 2.24) is 51.7 Å². The minimum atomic E-state index is -2.10. The average Bonchev–Trinajstić information content (AvgIpc) is 1.63. The van der Waals surface area contributed by atoms with Crippen LogP contribution >= 0.6 is 0 Å². The van der Waals surface area contributed by atoms with Crippen LogP contribution in [0.4, 0.5) is 9.18 Å². The van der Waals surface area contributed by atoms with E-state index in [1.807, 2.05) is 0 Å². The second-order valence-corrected chi connectivity index (χ2v) is 23.5. The Bertz CT molecular complexity index is 3490. The van der Waals surface area contributed by atoms with Crippen LogP contribution in [0.3, 0.4) is 0 Å². The lowest BCUT2D eigenvalue weighted by atomic mass is 9.81. The second-order valence-electron chi connectivity index (χ2n) is 23.5. The maximum absolute atomic E-state index is 15.5. The lowest BCUT2D eigenvalue weighted by Gasteiger charge is -2.31. The predicted molar refractivity (Wildman–Crippen MR) is 316 cm³/mol. The Morgan fingerprint density at radius 3 is 2.23 bits per heavy atom. The van der Waals surface area contributed by atoms with Crippen LogP contribution in [0, 0.1) is 18.7 Å². The molecule has 8 rings (SSSR count). The number of aryl methyl sites for hydroxylation is 1. The number of hydrogen-bond acceptors (Lipinski definition) is 19. The number of aliphatic hydroxyl groups excluding tert-OH is 2. The van der Waals surface area contributed by atoms with Crippen LogP contribution in [0.1, 0.15) is 131 Å². The van der Waals surface area contributed by atoms with Gasteiger partial charge in [-0.15, -0.1) is 0 Å². The van der Waals surface area contributed by atoms with Crippen molar-refractivity contribution in [2.24, 2.45) is 17.4 Å². The Balaban J connectivity index is 0.904. The predicted octanol–water partition coefficient (Wildman–Crippen LogP) is -1.97. The summed E-state index contributed by atoms with van der Waals surface area (Å²) in [7, 11) is 0. The smallest absolute Gasteiger partial charge is 0.343 e. The number of ether oxygens (including phenoxy) is 3. The van der Waals surface area contributed by atoms with E-state index in [9.17, 15) is 72.9 Å². The number of carbonyl (C=O) groups is 11. The largest absolute Gasteiger partial charge is 0.458 e. The molecule has 4 aliphatic heterocycles. The first-order chi connectivity index (χ1) is 43.2. The number of hydrogen-bond donors (Lipinski definition) is 12. The molecule has 91 heavy (non-hydrogen) atoms. The van der Waals surface area contributed by atoms with Gasteiger partial charge < -0.3 is 82.8 Å². The Kier molecular flexibility index (Phi) is 22.1. The van der Waals surface area contributed by atoms with Crippen LogP contribution in [0.5, 0.6) is 0 Å². The van der Waals surface area contributed by atoms with Gasteiger partial charge in [0.2, 0.25) is 41.4 Å². The summed E-state index contributed by atoms with van der Waals surface area (Å²) >= 11 is 0. The van der Waals surface area contributed by atoms with Crippen molar-refractivity contribution in [3.8, 4) is 11.4 Å². The van der Waals surface area contributed by atoms with E-state index in [1.165, 1.54) is 16.7 Å². The molecule has 9 atom stereocenters. The molecule has 3 aromatic rings. The molecule has 1 aliphatic carbocycles. The third kappa shape index (κ3) is 15.5. The number of imide groups is 1. The van der Waals surface area contributed by atoms with E-state index in [0.29, 0.717) is 59.0 Å². The molecule has 0 radical (unpaired) electrons. The fourth-order valence-corrected chi connectivity index (χ4v) is 12.0. The van der Waals surface area contributed by atoms with Gasteiger partial charge in [0.1, 0.15) is 62.2 Å². The van der Waals surface area contributed by atoms with E-state index in [-0.39, 0.29) is 93.6 Å². The number of primary amides is 2. The molecular formula is C60H77FN12O18. The van der Waals surface area contributed by atoms with Crippen molar-refractivity contribution in [2.45, 2.75) is 172 Å². The number of amides is 11. The number of pyridine rings is 2. The van der Waals surface area contributed by atoms with Gasteiger partial charge >= 0.3 is 12.0 Å². The monoisotopic (exact) mass is 1270 g/mol. The van der Waals surface area contributed by atoms with Gasteiger partial charge in [0.05, 0.1) is 47.6 Å². The lowest BCUT2D eigenvalue weighted by molar-refractivity contribution is -0.172. The maximum atomic E-state index is 15.5. The molecule has 14 N–H and O–H groups in total. The molecule has 31 heteroatoms. The number of nitrogens with one attached hydrogen (secondary N) is 7. The van der Waals surface area contributed by atoms with Gasteiger partial charge in [-0.1, -0.05) is 27.2 Å². The zero-order valence-corrected chi connectivity index (χ0v) is 50.8. The number of halogens is 1. The number of esters is 1. The fraction of sp³-hybridized carbons (Fsp3) is 0.550. The summed E-state index contributed by atoms with van der Waals surface area (Å²) in [6, 6.07) is -2.89. The Hall–Kier alpha value is -8.78. The summed E-state index contributed by atoms with van der Waals surface area (Å²) in [5.41, 5.74) is 11.1. The number of aliphatic hydroxyl groups is 3. The summed E-state index contributed by atoms with van der Waals surface area (Å²) in [4.78, 5) is 162. The average molecular weight is 1270 g/mol. The van der Waals surface area contributed by atoms with Gasteiger partial charge in [-0.2, -0.15) is 0 Å². The number of nitrogens with zero attached hydrogens (tertiary/aromatic N) is 3. The van der Waals surface area contributed by atoms with E-state index in [4.69, 9.17) is 30.7 Å². The molecule has 0 spiro atoms. The van der Waals surface area contributed by atoms with E-state index in [0.717, 1.165) is 17.1 Å². The molecule has 1 unspecified atom stereocenters. The van der Waals surface area contributed by atoms with Gasteiger partial charge in [-0.3, -0.25) is 52.8 Å². The Morgan fingerprint density at radius 2 is 1.54 bits per heavy atom. The van der Waals surface area contributed by atoms with E-state index < -0.39 is 163 Å². The minimum absolute atomic E-state index is 0.00181. The number of aromatic nitrogens is 2. The highest BCUT2D eigenvalue weighted by molar-refractivity contribution is 6.12. The Labute approximate surface area is 520 Å². The summed E-state index contributed by atoms with van der Waals surface area (Å²) < 4.78 is 33.4. The molecule has 11 amide bonds. The molecule has 0 bridgehead atoms. The molecule has 6 heterocycles. The number of unbranched alkanes of at least 4 members (excludes halogenated alkanes) is 2. The number of urea groups is 1. The fourth-order valence-electron chi connectivity index (χ4n) is 12.0. The van der Waals surface area contributed by atoms with Gasteiger partial charge in [0, 0.05) is 67.2 Å². The van der Waals surface area contributed by atoms with E-state index >= 15 is 4.39 Å². The van der Waals surface area contributed by atoms with Gasteiger partial charge in [-0.25, -0.2) is 19.0 Å². The first-order valence-corrected chi connectivity index (χ1v) is 30.2.